The molecule has 2 N–H and O–H groups in total. The van der Waals surface area contributed by atoms with Gasteiger partial charge in [0.15, 0.2) is 0 Å². The minimum atomic E-state index is -0.672. The quantitative estimate of drug-likeness (QED) is 0.827. The Morgan fingerprint density at radius 1 is 1.39 bits per heavy atom. The zero-order valence-electron chi connectivity index (χ0n) is 13.4. The van der Waals surface area contributed by atoms with Crippen molar-refractivity contribution in [2.75, 3.05) is 6.61 Å². The van der Waals surface area contributed by atoms with Gasteiger partial charge in [0.2, 0.25) is 5.91 Å². The first-order valence-electron chi connectivity index (χ1n) is 7.26. The fourth-order valence-corrected chi connectivity index (χ4v) is 2.35. The summed E-state index contributed by atoms with van der Waals surface area (Å²) >= 11 is 6.39. The summed E-state index contributed by atoms with van der Waals surface area (Å²) in [5.74, 6) is -0.299. The predicted octanol–water partition coefficient (Wildman–Crippen LogP) is 2.73. The average Bonchev–Trinajstić information content (AvgIpc) is 2.80. The van der Waals surface area contributed by atoms with Crippen LogP contribution in [0.1, 0.15) is 25.1 Å². The lowest BCUT2D eigenvalue weighted by Gasteiger charge is -2.22. The number of benzene rings is 1. The van der Waals surface area contributed by atoms with E-state index in [0.717, 1.165) is 11.4 Å². The molecule has 6 heteroatoms. The minimum absolute atomic E-state index is 0.141. The molecular weight excluding hydrogens is 314 g/mol. The number of aliphatic hydroxyl groups excluding tert-OH is 1. The van der Waals surface area contributed by atoms with Crippen LogP contribution in [0.2, 0.25) is 5.15 Å². The molecule has 0 aliphatic carbocycles. The Labute approximate surface area is 140 Å². The van der Waals surface area contributed by atoms with E-state index >= 15 is 0 Å². The normalized spacial score (nSPS) is 11.9. The SMILES string of the molecule is Cc1nn(-c2ccccc2)c(Cl)c1/C=C/C(=O)NC(C)(C)CO. The molecule has 0 saturated carbocycles. The molecule has 2 rings (SSSR count). The third-order valence-corrected chi connectivity index (χ3v) is 3.67. The Morgan fingerprint density at radius 2 is 2.04 bits per heavy atom. The number of aliphatic hydroxyl groups is 1. The summed E-state index contributed by atoms with van der Waals surface area (Å²) in [5.41, 5.74) is 1.59. The molecule has 0 fully saturated rings. The number of carbonyl (C=O) groups is 1. The van der Waals surface area contributed by atoms with Gasteiger partial charge in [0.05, 0.1) is 23.5 Å². The van der Waals surface area contributed by atoms with E-state index in [1.807, 2.05) is 37.3 Å². The molecule has 0 bridgehead atoms. The van der Waals surface area contributed by atoms with Crippen LogP contribution in [0.5, 0.6) is 0 Å². The van der Waals surface area contributed by atoms with Crippen molar-refractivity contribution in [1.82, 2.24) is 15.1 Å². The van der Waals surface area contributed by atoms with Crippen molar-refractivity contribution in [3.05, 3.63) is 52.8 Å². The Hall–Kier alpha value is -2.11. The van der Waals surface area contributed by atoms with Crippen LogP contribution in [0.3, 0.4) is 0 Å². The van der Waals surface area contributed by atoms with E-state index in [1.165, 1.54) is 6.08 Å². The third-order valence-electron chi connectivity index (χ3n) is 3.31. The van der Waals surface area contributed by atoms with E-state index < -0.39 is 5.54 Å². The zero-order chi connectivity index (χ0) is 17.0. The van der Waals surface area contributed by atoms with Crippen molar-refractivity contribution in [2.24, 2.45) is 0 Å². The molecule has 0 atom stereocenters. The molecule has 1 amide bonds. The molecule has 5 nitrogen and oxygen atoms in total. The standard InChI is InChI=1S/C17H20ClN3O2/c1-12-14(9-10-15(23)19-17(2,3)11-22)16(18)21(20-12)13-7-5-4-6-8-13/h4-10,22H,11H2,1-3H3,(H,19,23)/b10-9+. The highest BCUT2D eigenvalue weighted by atomic mass is 35.5. The number of nitrogens with zero attached hydrogens (tertiary/aromatic N) is 2. The number of aryl methyl sites for hydroxylation is 1. The van der Waals surface area contributed by atoms with Crippen LogP contribution in [-0.4, -0.2) is 32.9 Å². The number of hydrogen-bond donors (Lipinski definition) is 2. The highest BCUT2D eigenvalue weighted by Gasteiger charge is 2.18. The summed E-state index contributed by atoms with van der Waals surface area (Å²) < 4.78 is 1.63. The van der Waals surface area contributed by atoms with Crippen LogP contribution in [0.15, 0.2) is 36.4 Å². The van der Waals surface area contributed by atoms with Gasteiger partial charge in [0, 0.05) is 11.6 Å². The van der Waals surface area contributed by atoms with Crippen molar-refractivity contribution in [1.29, 1.82) is 0 Å². The van der Waals surface area contributed by atoms with Crippen molar-refractivity contribution >= 4 is 23.6 Å². The first kappa shape index (κ1) is 17.2. The van der Waals surface area contributed by atoms with Gasteiger partial charge in [-0.05, 0) is 39.0 Å². The van der Waals surface area contributed by atoms with E-state index in [9.17, 15) is 9.90 Å². The molecule has 1 aromatic heterocycles. The second-order valence-electron chi connectivity index (χ2n) is 5.90. The molecule has 0 aliphatic heterocycles. The Balaban J connectivity index is 2.23. The number of amides is 1. The van der Waals surface area contributed by atoms with Gasteiger partial charge in [-0.2, -0.15) is 5.10 Å². The molecule has 0 unspecified atom stereocenters. The van der Waals surface area contributed by atoms with Crippen LogP contribution in [-0.2, 0) is 4.79 Å². The van der Waals surface area contributed by atoms with Gasteiger partial charge in [-0.25, -0.2) is 4.68 Å². The van der Waals surface area contributed by atoms with Gasteiger partial charge in [0.1, 0.15) is 5.15 Å². The summed E-state index contributed by atoms with van der Waals surface area (Å²) in [6, 6.07) is 9.54. The third kappa shape index (κ3) is 4.21. The lowest BCUT2D eigenvalue weighted by molar-refractivity contribution is -0.118. The molecule has 0 radical (unpaired) electrons. The molecule has 1 heterocycles. The minimum Gasteiger partial charge on any atom is -0.394 e. The van der Waals surface area contributed by atoms with Crippen molar-refractivity contribution in [3.8, 4) is 5.69 Å². The van der Waals surface area contributed by atoms with Gasteiger partial charge < -0.3 is 10.4 Å². The summed E-state index contributed by atoms with van der Waals surface area (Å²) in [5, 5.41) is 16.7. The highest BCUT2D eigenvalue weighted by Crippen LogP contribution is 2.24. The molecule has 0 aliphatic rings. The number of para-hydroxylation sites is 1. The van der Waals surface area contributed by atoms with Crippen molar-refractivity contribution in [2.45, 2.75) is 26.3 Å². The summed E-state index contributed by atoms with van der Waals surface area (Å²) in [6.07, 6.45) is 3.02. The first-order valence-corrected chi connectivity index (χ1v) is 7.63. The van der Waals surface area contributed by atoms with Crippen LogP contribution in [0.4, 0.5) is 0 Å². The molecule has 1 aromatic carbocycles. The van der Waals surface area contributed by atoms with E-state index in [4.69, 9.17) is 11.6 Å². The summed E-state index contributed by atoms with van der Waals surface area (Å²) in [4.78, 5) is 11.9. The maximum atomic E-state index is 11.9. The topological polar surface area (TPSA) is 67.2 Å². The van der Waals surface area contributed by atoms with E-state index in [2.05, 4.69) is 10.4 Å². The van der Waals surface area contributed by atoms with Gasteiger partial charge in [-0.3, -0.25) is 4.79 Å². The summed E-state index contributed by atoms with van der Waals surface area (Å²) in [6.45, 7) is 5.17. The second-order valence-corrected chi connectivity index (χ2v) is 6.26. The molecule has 122 valence electrons. The van der Waals surface area contributed by atoms with Crippen molar-refractivity contribution in [3.63, 3.8) is 0 Å². The molecule has 23 heavy (non-hydrogen) atoms. The fraction of sp³-hybridized carbons (Fsp3) is 0.294. The van der Waals surface area contributed by atoms with E-state index in [1.54, 1.807) is 24.6 Å². The second kappa shape index (κ2) is 6.98. The predicted molar refractivity (Wildman–Crippen MR) is 91.7 cm³/mol. The lowest BCUT2D eigenvalue weighted by Crippen LogP contribution is -2.45. The van der Waals surface area contributed by atoms with Gasteiger partial charge in [-0.15, -0.1) is 0 Å². The number of nitrogens with one attached hydrogen (secondary N) is 1. The lowest BCUT2D eigenvalue weighted by atomic mass is 10.1. The van der Waals surface area contributed by atoms with Gasteiger partial charge in [-0.1, -0.05) is 29.8 Å². The Bertz CT molecular complexity index is 721. The van der Waals surface area contributed by atoms with Gasteiger partial charge >= 0.3 is 0 Å². The number of carbonyl (C=O) groups excluding carboxylic acids is 1. The molecule has 2 aromatic rings. The monoisotopic (exact) mass is 333 g/mol. The number of halogens is 1. The Morgan fingerprint density at radius 3 is 2.65 bits per heavy atom. The first-order chi connectivity index (χ1) is 10.8. The zero-order valence-corrected chi connectivity index (χ0v) is 14.1. The van der Waals surface area contributed by atoms with Crippen LogP contribution in [0, 0.1) is 6.92 Å². The van der Waals surface area contributed by atoms with Crippen molar-refractivity contribution < 1.29 is 9.90 Å². The van der Waals surface area contributed by atoms with Crippen LogP contribution < -0.4 is 5.32 Å². The highest BCUT2D eigenvalue weighted by molar-refractivity contribution is 6.31. The molecular formula is C17H20ClN3O2. The number of aromatic nitrogens is 2. The maximum absolute atomic E-state index is 11.9. The molecule has 0 saturated heterocycles. The summed E-state index contributed by atoms with van der Waals surface area (Å²) in [7, 11) is 0. The van der Waals surface area contributed by atoms with Crippen LogP contribution in [0.25, 0.3) is 11.8 Å². The fourth-order valence-electron chi connectivity index (χ4n) is 2.01. The van der Waals surface area contributed by atoms with E-state index in [0.29, 0.717) is 10.7 Å². The van der Waals surface area contributed by atoms with E-state index in [-0.39, 0.29) is 12.5 Å². The Kier molecular flexibility index (Phi) is 5.23. The molecule has 0 spiro atoms. The van der Waals surface area contributed by atoms with Crippen LogP contribution >= 0.6 is 11.6 Å². The number of hydrogen-bond acceptors (Lipinski definition) is 3. The average molecular weight is 334 g/mol. The number of rotatable bonds is 5. The maximum Gasteiger partial charge on any atom is 0.244 e. The van der Waals surface area contributed by atoms with Gasteiger partial charge in [0.25, 0.3) is 0 Å². The smallest absolute Gasteiger partial charge is 0.244 e. The largest absolute Gasteiger partial charge is 0.394 e.